The number of carbonyl (C=O) groups excluding carboxylic acids is 1. The first-order valence-electron chi connectivity index (χ1n) is 5.44. The van der Waals surface area contributed by atoms with Crippen molar-refractivity contribution < 1.29 is 13.9 Å². The Morgan fingerprint density at radius 1 is 1.61 bits per heavy atom. The van der Waals surface area contributed by atoms with Crippen LogP contribution in [-0.4, -0.2) is 25.1 Å². The summed E-state index contributed by atoms with van der Waals surface area (Å²) in [4.78, 5) is 17.5. The van der Waals surface area contributed by atoms with Gasteiger partial charge in [0.05, 0.1) is 32.0 Å². The third-order valence-electron chi connectivity index (χ3n) is 2.39. The van der Waals surface area contributed by atoms with Gasteiger partial charge in [0, 0.05) is 12.4 Å². The minimum atomic E-state index is -0.277. The molecule has 2 aromatic heterocycles. The SMILES string of the molecule is COC(=O)Cc1csc(N(C)Cc2ccco2)n1. The molecule has 6 heteroatoms. The van der Waals surface area contributed by atoms with Crippen LogP contribution in [0.15, 0.2) is 28.2 Å². The molecule has 0 aromatic carbocycles. The lowest BCUT2D eigenvalue weighted by molar-refractivity contribution is -0.139. The second kappa shape index (κ2) is 5.68. The Hall–Kier alpha value is -1.82. The molecule has 2 heterocycles. The zero-order valence-electron chi connectivity index (χ0n) is 10.3. The van der Waals surface area contributed by atoms with Crippen molar-refractivity contribution in [1.29, 1.82) is 0 Å². The zero-order chi connectivity index (χ0) is 13.0. The van der Waals surface area contributed by atoms with Gasteiger partial charge >= 0.3 is 5.97 Å². The topological polar surface area (TPSA) is 55.6 Å². The van der Waals surface area contributed by atoms with Gasteiger partial charge in [0.2, 0.25) is 0 Å². The summed E-state index contributed by atoms with van der Waals surface area (Å²) in [6, 6.07) is 3.77. The van der Waals surface area contributed by atoms with Crippen LogP contribution in [-0.2, 0) is 22.5 Å². The number of methoxy groups -OCH3 is 1. The fourth-order valence-electron chi connectivity index (χ4n) is 1.48. The average molecular weight is 266 g/mol. The van der Waals surface area contributed by atoms with E-state index in [1.165, 1.54) is 18.4 Å². The third-order valence-corrected chi connectivity index (χ3v) is 3.40. The van der Waals surface area contributed by atoms with Crippen LogP contribution in [0, 0.1) is 0 Å². The molecule has 96 valence electrons. The van der Waals surface area contributed by atoms with Crippen LogP contribution in [0.3, 0.4) is 0 Å². The maximum atomic E-state index is 11.1. The van der Waals surface area contributed by atoms with Crippen molar-refractivity contribution in [2.75, 3.05) is 19.1 Å². The van der Waals surface area contributed by atoms with Crippen molar-refractivity contribution in [2.45, 2.75) is 13.0 Å². The smallest absolute Gasteiger partial charge is 0.311 e. The highest BCUT2D eigenvalue weighted by atomic mass is 32.1. The number of esters is 1. The number of furan rings is 1. The normalized spacial score (nSPS) is 10.3. The zero-order valence-corrected chi connectivity index (χ0v) is 11.1. The van der Waals surface area contributed by atoms with E-state index in [4.69, 9.17) is 4.42 Å². The molecule has 0 aliphatic rings. The van der Waals surface area contributed by atoms with Gasteiger partial charge in [0.15, 0.2) is 5.13 Å². The van der Waals surface area contributed by atoms with E-state index in [1.54, 1.807) is 6.26 Å². The van der Waals surface area contributed by atoms with Gasteiger partial charge in [-0.25, -0.2) is 4.98 Å². The number of aromatic nitrogens is 1. The van der Waals surface area contributed by atoms with Crippen LogP contribution in [0.1, 0.15) is 11.5 Å². The second-order valence-electron chi connectivity index (χ2n) is 3.81. The molecule has 0 spiro atoms. The average Bonchev–Trinajstić information content (AvgIpc) is 3.00. The second-order valence-corrected chi connectivity index (χ2v) is 4.65. The van der Waals surface area contributed by atoms with Crippen molar-refractivity contribution in [2.24, 2.45) is 0 Å². The number of carbonyl (C=O) groups is 1. The molecule has 0 saturated carbocycles. The molecular weight excluding hydrogens is 252 g/mol. The first kappa shape index (κ1) is 12.6. The highest BCUT2D eigenvalue weighted by Crippen LogP contribution is 2.21. The fourth-order valence-corrected chi connectivity index (χ4v) is 2.27. The number of hydrogen-bond acceptors (Lipinski definition) is 6. The monoisotopic (exact) mass is 266 g/mol. The van der Waals surface area contributed by atoms with Crippen LogP contribution < -0.4 is 4.90 Å². The van der Waals surface area contributed by atoms with Crippen molar-refractivity contribution in [3.8, 4) is 0 Å². The molecule has 0 aliphatic heterocycles. The van der Waals surface area contributed by atoms with E-state index >= 15 is 0 Å². The molecular formula is C12H14N2O3S. The minimum Gasteiger partial charge on any atom is -0.469 e. The third kappa shape index (κ3) is 3.10. The summed E-state index contributed by atoms with van der Waals surface area (Å²) >= 11 is 1.50. The van der Waals surface area contributed by atoms with Crippen LogP contribution in [0.2, 0.25) is 0 Å². The van der Waals surface area contributed by atoms with Crippen molar-refractivity contribution in [3.63, 3.8) is 0 Å². The van der Waals surface area contributed by atoms with Gasteiger partial charge in [0.1, 0.15) is 5.76 Å². The number of thiazole rings is 1. The van der Waals surface area contributed by atoms with Gasteiger partial charge in [-0.05, 0) is 12.1 Å². The lowest BCUT2D eigenvalue weighted by atomic mass is 10.3. The van der Waals surface area contributed by atoms with Crippen LogP contribution in [0.25, 0.3) is 0 Å². The standard InChI is InChI=1S/C12H14N2O3S/c1-14(7-10-4-3-5-17-10)12-13-9(8-18-12)6-11(15)16-2/h3-5,8H,6-7H2,1-2H3. The minimum absolute atomic E-state index is 0.210. The first-order chi connectivity index (χ1) is 8.69. The lowest BCUT2D eigenvalue weighted by Gasteiger charge is -2.13. The Balaban J connectivity index is 1.98. The van der Waals surface area contributed by atoms with Crippen molar-refractivity contribution >= 4 is 22.4 Å². The van der Waals surface area contributed by atoms with E-state index in [0.29, 0.717) is 6.54 Å². The highest BCUT2D eigenvalue weighted by molar-refractivity contribution is 7.13. The number of nitrogens with zero attached hydrogens (tertiary/aromatic N) is 2. The van der Waals surface area contributed by atoms with Gasteiger partial charge < -0.3 is 14.1 Å². The maximum Gasteiger partial charge on any atom is 0.311 e. The molecule has 0 N–H and O–H groups in total. The summed E-state index contributed by atoms with van der Waals surface area (Å²) in [5.74, 6) is 0.600. The summed E-state index contributed by atoms with van der Waals surface area (Å²) in [5, 5.41) is 2.72. The Bertz CT molecular complexity index is 507. The Labute approximate surface area is 109 Å². The number of anilines is 1. The first-order valence-corrected chi connectivity index (χ1v) is 6.31. The molecule has 0 amide bonds. The Kier molecular flexibility index (Phi) is 3.99. The highest BCUT2D eigenvalue weighted by Gasteiger charge is 2.11. The molecule has 5 nitrogen and oxygen atoms in total. The summed E-state index contributed by atoms with van der Waals surface area (Å²) in [6.45, 7) is 0.651. The van der Waals surface area contributed by atoms with Gasteiger partial charge in [-0.2, -0.15) is 0 Å². The molecule has 0 saturated heterocycles. The number of hydrogen-bond donors (Lipinski definition) is 0. The Morgan fingerprint density at radius 2 is 2.44 bits per heavy atom. The summed E-state index contributed by atoms with van der Waals surface area (Å²) in [6.07, 6.45) is 1.86. The molecule has 0 bridgehead atoms. The largest absolute Gasteiger partial charge is 0.469 e. The van der Waals surface area contributed by atoms with Gasteiger partial charge in [-0.3, -0.25) is 4.79 Å². The van der Waals surface area contributed by atoms with Gasteiger partial charge in [-0.1, -0.05) is 0 Å². The quantitative estimate of drug-likeness (QED) is 0.776. The number of ether oxygens (including phenoxy) is 1. The fraction of sp³-hybridized carbons (Fsp3) is 0.333. The molecule has 18 heavy (non-hydrogen) atoms. The van der Waals surface area contributed by atoms with Gasteiger partial charge in [-0.15, -0.1) is 11.3 Å². The van der Waals surface area contributed by atoms with E-state index in [9.17, 15) is 4.79 Å². The van der Waals surface area contributed by atoms with E-state index < -0.39 is 0 Å². The summed E-state index contributed by atoms with van der Waals surface area (Å²) in [7, 11) is 3.31. The van der Waals surface area contributed by atoms with Crippen LogP contribution in [0.5, 0.6) is 0 Å². The lowest BCUT2D eigenvalue weighted by Crippen LogP contribution is -2.15. The molecule has 2 aromatic rings. The molecule has 0 radical (unpaired) electrons. The van der Waals surface area contributed by atoms with Crippen LogP contribution >= 0.6 is 11.3 Å². The van der Waals surface area contributed by atoms with Crippen molar-refractivity contribution in [3.05, 3.63) is 35.2 Å². The van der Waals surface area contributed by atoms with E-state index in [2.05, 4.69) is 9.72 Å². The molecule has 0 fully saturated rings. The predicted molar refractivity (Wildman–Crippen MR) is 68.6 cm³/mol. The van der Waals surface area contributed by atoms with E-state index in [-0.39, 0.29) is 12.4 Å². The number of rotatable bonds is 5. The molecule has 0 aliphatic carbocycles. The summed E-state index contributed by atoms with van der Waals surface area (Å²) in [5.41, 5.74) is 0.730. The van der Waals surface area contributed by atoms with E-state index in [1.807, 2.05) is 29.5 Å². The maximum absolute atomic E-state index is 11.1. The molecule has 2 rings (SSSR count). The van der Waals surface area contributed by atoms with E-state index in [0.717, 1.165) is 16.6 Å². The Morgan fingerprint density at radius 3 is 3.11 bits per heavy atom. The van der Waals surface area contributed by atoms with Crippen molar-refractivity contribution in [1.82, 2.24) is 4.98 Å². The van der Waals surface area contributed by atoms with Crippen LogP contribution in [0.4, 0.5) is 5.13 Å². The van der Waals surface area contributed by atoms with Gasteiger partial charge in [0.25, 0.3) is 0 Å². The molecule has 0 unspecified atom stereocenters. The molecule has 0 atom stereocenters. The predicted octanol–water partition coefficient (Wildman–Crippen LogP) is 2.09. The summed E-state index contributed by atoms with van der Waals surface area (Å²) < 4.78 is 9.88.